The highest BCUT2D eigenvalue weighted by atomic mass is 79.9. The van der Waals surface area contributed by atoms with Crippen LogP contribution >= 0.6 is 15.9 Å². The standard InChI is InChI=1S/C21H17BrF2N2O3S/c22-15-4-9-19(24)14(10-15)11-25-21(27)20-18-3-1-2-13(18)12-26(20)30(28,29)17-7-5-16(23)6-8-17/h2-10,13,18,20H,11-12H2,(H,25,27). The number of nitrogens with one attached hydrogen (secondary N) is 1. The number of hydrogen-bond donors (Lipinski definition) is 1. The van der Waals surface area contributed by atoms with E-state index in [1.807, 2.05) is 0 Å². The molecule has 4 rings (SSSR count). The minimum absolute atomic E-state index is 0.0838. The van der Waals surface area contributed by atoms with Crippen molar-refractivity contribution < 1.29 is 22.0 Å². The van der Waals surface area contributed by atoms with Crippen molar-refractivity contribution in [3.05, 3.63) is 82.0 Å². The topological polar surface area (TPSA) is 66.5 Å². The molecule has 2 aromatic rings. The highest BCUT2D eigenvalue weighted by molar-refractivity contribution is 9.10. The Morgan fingerprint density at radius 2 is 1.90 bits per heavy atom. The Balaban J connectivity index is 1.60. The number of fused-ring (bicyclic) bond motifs is 1. The second-order valence-electron chi connectivity index (χ2n) is 7.17. The quantitative estimate of drug-likeness (QED) is 0.648. The molecule has 0 radical (unpaired) electrons. The molecule has 1 saturated heterocycles. The number of amides is 1. The van der Waals surface area contributed by atoms with E-state index in [1.54, 1.807) is 24.3 Å². The summed E-state index contributed by atoms with van der Waals surface area (Å²) in [5.41, 5.74) is 3.23. The predicted molar refractivity (Wildman–Crippen MR) is 110 cm³/mol. The van der Waals surface area contributed by atoms with Gasteiger partial charge in [-0.2, -0.15) is 4.31 Å². The van der Waals surface area contributed by atoms with Crippen molar-refractivity contribution in [2.75, 3.05) is 6.54 Å². The van der Waals surface area contributed by atoms with Gasteiger partial charge in [-0.15, -0.1) is 5.73 Å². The summed E-state index contributed by atoms with van der Waals surface area (Å²) in [6, 6.07) is 7.86. The lowest BCUT2D eigenvalue weighted by Gasteiger charge is -2.25. The maximum Gasteiger partial charge on any atom is 0.243 e. The first-order valence-corrected chi connectivity index (χ1v) is 11.4. The number of hydrogen-bond acceptors (Lipinski definition) is 3. The van der Waals surface area contributed by atoms with Crippen LogP contribution in [0.2, 0.25) is 0 Å². The maximum atomic E-state index is 14.0. The third kappa shape index (κ3) is 3.86. The van der Waals surface area contributed by atoms with E-state index in [4.69, 9.17) is 0 Å². The first-order valence-electron chi connectivity index (χ1n) is 9.19. The van der Waals surface area contributed by atoms with E-state index >= 15 is 0 Å². The molecule has 2 aromatic carbocycles. The smallest absolute Gasteiger partial charge is 0.243 e. The monoisotopic (exact) mass is 494 g/mol. The van der Waals surface area contributed by atoms with Crippen molar-refractivity contribution in [1.29, 1.82) is 0 Å². The van der Waals surface area contributed by atoms with Crippen molar-refractivity contribution in [1.82, 2.24) is 9.62 Å². The lowest BCUT2D eigenvalue weighted by molar-refractivity contribution is -0.125. The van der Waals surface area contributed by atoms with Crippen LogP contribution in [0.15, 0.2) is 69.7 Å². The van der Waals surface area contributed by atoms with Crippen molar-refractivity contribution in [2.24, 2.45) is 11.8 Å². The fraction of sp³-hybridized carbons (Fsp3) is 0.238. The van der Waals surface area contributed by atoms with Crippen molar-refractivity contribution >= 4 is 31.9 Å². The molecular weight excluding hydrogens is 478 g/mol. The van der Waals surface area contributed by atoms with Crippen LogP contribution in [0.5, 0.6) is 0 Å². The number of benzene rings is 2. The Labute approximate surface area is 181 Å². The highest BCUT2D eigenvalue weighted by Crippen LogP contribution is 2.38. The molecule has 0 aromatic heterocycles. The summed E-state index contributed by atoms with van der Waals surface area (Å²) in [6.07, 6.45) is 3.44. The van der Waals surface area contributed by atoms with Crippen molar-refractivity contribution in [3.63, 3.8) is 0 Å². The molecular formula is C21H17BrF2N2O3S. The number of sulfonamides is 1. The van der Waals surface area contributed by atoms with Gasteiger partial charge in [-0.25, -0.2) is 17.2 Å². The third-order valence-corrected chi connectivity index (χ3v) is 7.66. The molecule has 9 heteroatoms. The molecule has 5 nitrogen and oxygen atoms in total. The summed E-state index contributed by atoms with van der Waals surface area (Å²) in [4.78, 5) is 12.9. The minimum Gasteiger partial charge on any atom is -0.350 e. The Hall–Kier alpha value is -2.32. The molecule has 0 spiro atoms. The predicted octanol–water partition coefficient (Wildman–Crippen LogP) is 3.37. The average molecular weight is 495 g/mol. The van der Waals surface area contributed by atoms with E-state index < -0.39 is 33.6 Å². The van der Waals surface area contributed by atoms with Crippen LogP contribution in [-0.2, 0) is 21.4 Å². The van der Waals surface area contributed by atoms with Crippen LogP contribution in [0.3, 0.4) is 0 Å². The lowest BCUT2D eigenvalue weighted by atomic mass is 9.94. The number of rotatable bonds is 5. The van der Waals surface area contributed by atoms with Gasteiger partial charge in [0.1, 0.15) is 17.7 Å². The molecule has 3 atom stereocenters. The van der Waals surface area contributed by atoms with Crippen LogP contribution in [0, 0.1) is 23.5 Å². The number of halogens is 3. The van der Waals surface area contributed by atoms with Gasteiger partial charge in [0.05, 0.1) is 4.90 Å². The molecule has 1 fully saturated rings. The van der Waals surface area contributed by atoms with Gasteiger partial charge in [0, 0.05) is 35.0 Å². The van der Waals surface area contributed by atoms with Crippen LogP contribution < -0.4 is 5.32 Å². The third-order valence-electron chi connectivity index (χ3n) is 5.31. The second kappa shape index (κ2) is 8.07. The Kier molecular flexibility index (Phi) is 5.63. The fourth-order valence-electron chi connectivity index (χ4n) is 3.80. The zero-order valence-corrected chi connectivity index (χ0v) is 18.0. The van der Waals surface area contributed by atoms with E-state index in [9.17, 15) is 22.0 Å². The van der Waals surface area contributed by atoms with Gasteiger partial charge in [-0.1, -0.05) is 15.9 Å². The van der Waals surface area contributed by atoms with Gasteiger partial charge in [-0.3, -0.25) is 4.79 Å². The van der Waals surface area contributed by atoms with E-state index in [0.29, 0.717) is 4.47 Å². The van der Waals surface area contributed by atoms with Gasteiger partial charge in [0.25, 0.3) is 0 Å². The van der Waals surface area contributed by atoms with Crippen molar-refractivity contribution in [3.8, 4) is 0 Å². The fourth-order valence-corrected chi connectivity index (χ4v) is 5.86. The molecule has 2 aliphatic rings. The normalized spacial score (nSPS) is 23.0. The first kappa shape index (κ1) is 20.9. The largest absolute Gasteiger partial charge is 0.350 e. The molecule has 1 N–H and O–H groups in total. The Morgan fingerprint density at radius 1 is 1.17 bits per heavy atom. The molecule has 1 aliphatic heterocycles. The van der Waals surface area contributed by atoms with Crippen LogP contribution in [0.25, 0.3) is 0 Å². The second-order valence-corrected chi connectivity index (χ2v) is 9.97. The molecule has 0 saturated carbocycles. The molecule has 1 aliphatic carbocycles. The maximum absolute atomic E-state index is 14.0. The number of nitrogens with zero attached hydrogens (tertiary/aromatic N) is 1. The molecule has 30 heavy (non-hydrogen) atoms. The van der Waals surface area contributed by atoms with Crippen molar-refractivity contribution in [2.45, 2.75) is 17.5 Å². The SMILES string of the molecule is O=C(NCc1cc(Br)ccc1F)C1C2C=C=CC2CN1S(=O)(=O)c1ccc(F)cc1. The van der Waals surface area contributed by atoms with Gasteiger partial charge < -0.3 is 5.32 Å². The van der Waals surface area contributed by atoms with Gasteiger partial charge in [-0.05, 0) is 54.6 Å². The zero-order valence-electron chi connectivity index (χ0n) is 15.6. The van der Waals surface area contributed by atoms with Crippen LogP contribution in [0.4, 0.5) is 8.78 Å². The van der Waals surface area contributed by atoms with Gasteiger partial charge in [0.2, 0.25) is 15.9 Å². The van der Waals surface area contributed by atoms with Gasteiger partial charge >= 0.3 is 0 Å². The van der Waals surface area contributed by atoms with E-state index in [0.717, 1.165) is 16.4 Å². The summed E-state index contributed by atoms with van der Waals surface area (Å²) in [6.45, 7) is 0.0246. The molecule has 1 amide bonds. The number of carbonyl (C=O) groups is 1. The summed E-state index contributed by atoms with van der Waals surface area (Å²) in [5.74, 6) is -2.10. The van der Waals surface area contributed by atoms with Crippen LogP contribution in [-0.4, -0.2) is 31.2 Å². The molecule has 156 valence electrons. The summed E-state index contributed by atoms with van der Waals surface area (Å²) in [5, 5.41) is 2.66. The van der Waals surface area contributed by atoms with E-state index in [1.165, 1.54) is 18.2 Å². The first-order chi connectivity index (χ1) is 14.3. The molecule has 0 bridgehead atoms. The summed E-state index contributed by atoms with van der Waals surface area (Å²) >= 11 is 3.26. The van der Waals surface area contributed by atoms with Gasteiger partial charge in [0.15, 0.2) is 0 Å². The highest BCUT2D eigenvalue weighted by Gasteiger charge is 2.50. The Bertz CT molecular complexity index is 1160. The molecule has 3 unspecified atom stereocenters. The lowest BCUT2D eigenvalue weighted by Crippen LogP contribution is -2.48. The average Bonchev–Trinajstić information content (AvgIpc) is 3.30. The molecule has 1 heterocycles. The van der Waals surface area contributed by atoms with E-state index in [2.05, 4.69) is 27.0 Å². The number of carbonyl (C=O) groups excluding carboxylic acids is 1. The van der Waals surface area contributed by atoms with Crippen LogP contribution in [0.1, 0.15) is 5.56 Å². The van der Waals surface area contributed by atoms with E-state index in [-0.39, 0.29) is 35.4 Å². The zero-order chi connectivity index (χ0) is 21.5. The minimum atomic E-state index is -4.03. The summed E-state index contributed by atoms with van der Waals surface area (Å²) < 4.78 is 55.4. The summed E-state index contributed by atoms with van der Waals surface area (Å²) in [7, 11) is -4.03. The Morgan fingerprint density at radius 3 is 2.63 bits per heavy atom.